The molecule has 0 saturated carbocycles. The van der Waals surface area contributed by atoms with Crippen LogP contribution in [0, 0.1) is 0 Å². The molecule has 0 amide bonds. The smallest absolute Gasteiger partial charge is 0.147 e. The summed E-state index contributed by atoms with van der Waals surface area (Å²) in [6.45, 7) is 1.92. The normalized spacial score (nSPS) is 19.4. The predicted octanol–water partition coefficient (Wildman–Crippen LogP) is 2.41. The van der Waals surface area contributed by atoms with Crippen LogP contribution in [0.25, 0.3) is 0 Å². The van der Waals surface area contributed by atoms with Gasteiger partial charge >= 0.3 is 0 Å². The Morgan fingerprint density at radius 1 is 1.11 bits per heavy atom. The minimum absolute atomic E-state index is 0.365. The van der Waals surface area contributed by atoms with E-state index in [1.54, 1.807) is 12.4 Å². The van der Waals surface area contributed by atoms with Crippen LogP contribution in [-0.2, 0) is 0 Å². The van der Waals surface area contributed by atoms with E-state index < -0.39 is 0 Å². The average Bonchev–Trinajstić information content (AvgIpc) is 2.49. The monoisotopic (exact) mass is 319 g/mol. The van der Waals surface area contributed by atoms with E-state index >= 15 is 0 Å². The Kier molecular flexibility index (Phi) is 3.68. The fourth-order valence-electron chi connectivity index (χ4n) is 2.38. The molecule has 1 aliphatic rings. The Labute approximate surface area is 120 Å². The third-order valence-electron chi connectivity index (χ3n) is 3.30. The van der Waals surface area contributed by atoms with Gasteiger partial charge in [0.2, 0.25) is 0 Å². The lowest BCUT2D eigenvalue weighted by Gasteiger charge is -2.32. The second-order valence-electron chi connectivity index (χ2n) is 4.61. The highest BCUT2D eigenvalue weighted by Gasteiger charge is 2.24. The van der Waals surface area contributed by atoms with Gasteiger partial charge in [0, 0.05) is 43.8 Å². The molecule has 1 aliphatic heterocycles. The summed E-state index contributed by atoms with van der Waals surface area (Å²) in [6, 6.07) is 0. The van der Waals surface area contributed by atoms with Gasteiger partial charge in [0.1, 0.15) is 11.6 Å². The van der Waals surface area contributed by atoms with E-state index in [1.807, 2.05) is 18.6 Å². The number of rotatable bonds is 2. The van der Waals surface area contributed by atoms with Crippen LogP contribution in [0.4, 0.5) is 5.82 Å². The molecule has 3 rings (SSSR count). The maximum Gasteiger partial charge on any atom is 0.147 e. The van der Waals surface area contributed by atoms with Crippen molar-refractivity contribution in [2.75, 3.05) is 18.0 Å². The van der Waals surface area contributed by atoms with Crippen molar-refractivity contribution >= 4 is 21.7 Å². The van der Waals surface area contributed by atoms with Crippen LogP contribution in [0.15, 0.2) is 35.5 Å². The minimum atomic E-state index is 0.365. The minimum Gasteiger partial charge on any atom is -0.355 e. The van der Waals surface area contributed by atoms with Gasteiger partial charge in [-0.25, -0.2) is 15.0 Å². The second kappa shape index (κ2) is 5.61. The van der Waals surface area contributed by atoms with Gasteiger partial charge < -0.3 is 4.90 Å². The van der Waals surface area contributed by atoms with E-state index in [0.29, 0.717) is 5.92 Å². The van der Waals surface area contributed by atoms with Gasteiger partial charge in [-0.05, 0) is 28.8 Å². The van der Waals surface area contributed by atoms with Gasteiger partial charge in [-0.1, -0.05) is 0 Å². The van der Waals surface area contributed by atoms with Gasteiger partial charge in [0.15, 0.2) is 0 Å². The Morgan fingerprint density at radius 3 is 2.68 bits per heavy atom. The molecular formula is C13H14BrN5. The number of hydrogen-bond acceptors (Lipinski definition) is 5. The lowest BCUT2D eigenvalue weighted by atomic mass is 9.97. The summed E-state index contributed by atoms with van der Waals surface area (Å²) in [7, 11) is 0. The zero-order valence-electron chi connectivity index (χ0n) is 10.4. The molecule has 1 saturated heterocycles. The lowest BCUT2D eigenvalue weighted by molar-refractivity contribution is 0.488. The Balaban J connectivity index is 1.76. The Morgan fingerprint density at radius 2 is 1.95 bits per heavy atom. The fraction of sp³-hybridized carbons (Fsp3) is 0.385. The van der Waals surface area contributed by atoms with Crippen molar-refractivity contribution in [2.45, 2.75) is 18.8 Å². The molecule has 0 radical (unpaired) electrons. The van der Waals surface area contributed by atoms with E-state index in [-0.39, 0.29) is 0 Å². The zero-order valence-corrected chi connectivity index (χ0v) is 12.0. The first kappa shape index (κ1) is 12.5. The molecule has 0 aliphatic carbocycles. The molecule has 0 N–H and O–H groups in total. The Bertz CT molecular complexity index is 530. The Hall–Kier alpha value is -1.56. The molecule has 1 atom stereocenters. The standard InChI is InChI=1S/C13H14BrN5/c14-11-6-17-13(18-7-11)10-2-1-5-19(9-10)12-8-15-3-4-16-12/h3-4,6-8,10H,1-2,5,9H2. The van der Waals surface area contributed by atoms with Gasteiger partial charge in [-0.3, -0.25) is 4.98 Å². The first-order valence-corrected chi connectivity index (χ1v) is 7.10. The highest BCUT2D eigenvalue weighted by molar-refractivity contribution is 9.10. The summed E-state index contributed by atoms with van der Waals surface area (Å²) in [5, 5.41) is 0. The van der Waals surface area contributed by atoms with Crippen LogP contribution in [0.3, 0.4) is 0 Å². The molecule has 0 aromatic carbocycles. The van der Waals surface area contributed by atoms with Gasteiger partial charge in [0.05, 0.1) is 10.7 Å². The van der Waals surface area contributed by atoms with E-state index in [1.165, 1.54) is 0 Å². The molecule has 3 heterocycles. The SMILES string of the molecule is Brc1cnc(C2CCCN(c3cnccn3)C2)nc1. The van der Waals surface area contributed by atoms with Crippen molar-refractivity contribution in [3.05, 3.63) is 41.3 Å². The summed E-state index contributed by atoms with van der Waals surface area (Å²) in [6.07, 6.45) is 11.1. The second-order valence-corrected chi connectivity index (χ2v) is 5.52. The highest BCUT2D eigenvalue weighted by Crippen LogP contribution is 2.26. The summed E-state index contributed by atoms with van der Waals surface area (Å²) >= 11 is 3.36. The number of halogens is 1. The molecule has 0 spiro atoms. The molecular weight excluding hydrogens is 306 g/mol. The van der Waals surface area contributed by atoms with Gasteiger partial charge in [-0.15, -0.1) is 0 Å². The average molecular weight is 320 g/mol. The van der Waals surface area contributed by atoms with Gasteiger partial charge in [-0.2, -0.15) is 0 Å². The summed E-state index contributed by atoms with van der Waals surface area (Å²) in [5.41, 5.74) is 0. The molecule has 1 unspecified atom stereocenters. The van der Waals surface area contributed by atoms with Crippen LogP contribution in [0.2, 0.25) is 0 Å². The van der Waals surface area contributed by atoms with Gasteiger partial charge in [0.25, 0.3) is 0 Å². The summed E-state index contributed by atoms with van der Waals surface area (Å²) < 4.78 is 0.915. The van der Waals surface area contributed by atoms with Crippen molar-refractivity contribution in [3.63, 3.8) is 0 Å². The molecule has 98 valence electrons. The fourth-order valence-corrected chi connectivity index (χ4v) is 2.59. The quantitative estimate of drug-likeness (QED) is 0.850. The van der Waals surface area contributed by atoms with Crippen molar-refractivity contribution < 1.29 is 0 Å². The molecule has 2 aromatic rings. The lowest BCUT2D eigenvalue weighted by Crippen LogP contribution is -2.35. The van der Waals surface area contributed by atoms with Crippen molar-refractivity contribution in [3.8, 4) is 0 Å². The van der Waals surface area contributed by atoms with Crippen molar-refractivity contribution in [1.82, 2.24) is 19.9 Å². The maximum atomic E-state index is 4.41. The van der Waals surface area contributed by atoms with E-state index in [0.717, 1.165) is 42.0 Å². The topological polar surface area (TPSA) is 54.8 Å². The van der Waals surface area contributed by atoms with Crippen LogP contribution < -0.4 is 4.90 Å². The zero-order chi connectivity index (χ0) is 13.1. The largest absolute Gasteiger partial charge is 0.355 e. The number of aromatic nitrogens is 4. The summed E-state index contributed by atoms with van der Waals surface area (Å²) in [5.74, 6) is 2.21. The third kappa shape index (κ3) is 2.89. The highest BCUT2D eigenvalue weighted by atomic mass is 79.9. The maximum absolute atomic E-state index is 4.41. The van der Waals surface area contributed by atoms with Crippen molar-refractivity contribution in [2.24, 2.45) is 0 Å². The molecule has 0 bridgehead atoms. The number of piperidine rings is 1. The number of nitrogens with zero attached hydrogens (tertiary/aromatic N) is 5. The molecule has 6 heteroatoms. The van der Waals surface area contributed by atoms with Crippen LogP contribution in [0.5, 0.6) is 0 Å². The van der Waals surface area contributed by atoms with Crippen LogP contribution >= 0.6 is 15.9 Å². The number of anilines is 1. The third-order valence-corrected chi connectivity index (χ3v) is 3.71. The first-order valence-electron chi connectivity index (χ1n) is 6.31. The molecule has 19 heavy (non-hydrogen) atoms. The van der Waals surface area contributed by atoms with E-state index in [4.69, 9.17) is 0 Å². The van der Waals surface area contributed by atoms with E-state index in [9.17, 15) is 0 Å². The predicted molar refractivity (Wildman–Crippen MR) is 76.0 cm³/mol. The molecule has 1 fully saturated rings. The molecule has 5 nitrogen and oxygen atoms in total. The van der Waals surface area contributed by atoms with Crippen molar-refractivity contribution in [1.29, 1.82) is 0 Å². The first-order chi connectivity index (χ1) is 9.33. The van der Waals surface area contributed by atoms with Crippen LogP contribution in [0.1, 0.15) is 24.6 Å². The van der Waals surface area contributed by atoms with E-state index in [2.05, 4.69) is 40.8 Å². The van der Waals surface area contributed by atoms with Crippen LogP contribution in [-0.4, -0.2) is 33.0 Å². The summed E-state index contributed by atoms with van der Waals surface area (Å²) in [4.78, 5) is 19.6. The number of hydrogen-bond donors (Lipinski definition) is 0. The molecule has 2 aromatic heterocycles.